The van der Waals surface area contributed by atoms with Crippen molar-refractivity contribution in [1.82, 2.24) is 4.90 Å². The quantitative estimate of drug-likeness (QED) is 0.555. The standard InChI is InChI=1S/C13H21NO4/c1-11(12(15)16-2)3-6-14-7-4-13(5-8-14)17-9-10-18-13/h3H,4-10H2,1-2H3. The molecule has 5 nitrogen and oxygen atoms in total. The molecule has 0 bridgehead atoms. The second kappa shape index (κ2) is 5.82. The van der Waals surface area contributed by atoms with Gasteiger partial charge in [0.1, 0.15) is 0 Å². The topological polar surface area (TPSA) is 48.0 Å². The van der Waals surface area contributed by atoms with Crippen molar-refractivity contribution in [3.05, 3.63) is 11.6 Å². The number of esters is 1. The van der Waals surface area contributed by atoms with Gasteiger partial charge in [-0.05, 0) is 6.92 Å². The van der Waals surface area contributed by atoms with Crippen LogP contribution in [0.15, 0.2) is 11.6 Å². The molecule has 1 spiro atoms. The summed E-state index contributed by atoms with van der Waals surface area (Å²) in [7, 11) is 1.40. The Kier molecular flexibility index (Phi) is 4.37. The number of methoxy groups -OCH3 is 1. The maximum absolute atomic E-state index is 11.2. The number of nitrogens with zero attached hydrogens (tertiary/aromatic N) is 1. The van der Waals surface area contributed by atoms with E-state index in [2.05, 4.69) is 9.64 Å². The van der Waals surface area contributed by atoms with Crippen LogP contribution < -0.4 is 0 Å². The van der Waals surface area contributed by atoms with Crippen molar-refractivity contribution < 1.29 is 19.0 Å². The summed E-state index contributed by atoms with van der Waals surface area (Å²) in [5, 5.41) is 0. The van der Waals surface area contributed by atoms with E-state index in [1.807, 2.05) is 6.08 Å². The first kappa shape index (κ1) is 13.5. The minimum Gasteiger partial charge on any atom is -0.466 e. The second-order valence-corrected chi connectivity index (χ2v) is 4.79. The first-order valence-corrected chi connectivity index (χ1v) is 6.40. The summed E-state index contributed by atoms with van der Waals surface area (Å²) >= 11 is 0. The second-order valence-electron chi connectivity index (χ2n) is 4.79. The molecule has 0 amide bonds. The van der Waals surface area contributed by atoms with Crippen molar-refractivity contribution >= 4 is 5.97 Å². The van der Waals surface area contributed by atoms with Crippen LogP contribution in [0.25, 0.3) is 0 Å². The fraction of sp³-hybridized carbons (Fsp3) is 0.769. The van der Waals surface area contributed by atoms with E-state index in [1.165, 1.54) is 7.11 Å². The van der Waals surface area contributed by atoms with Crippen LogP contribution in [0.4, 0.5) is 0 Å². The van der Waals surface area contributed by atoms with E-state index in [9.17, 15) is 4.79 Å². The van der Waals surface area contributed by atoms with Gasteiger partial charge in [0.15, 0.2) is 5.79 Å². The predicted molar refractivity (Wildman–Crippen MR) is 66.1 cm³/mol. The molecule has 0 aliphatic carbocycles. The van der Waals surface area contributed by atoms with Gasteiger partial charge in [-0.15, -0.1) is 0 Å². The number of carbonyl (C=O) groups is 1. The summed E-state index contributed by atoms with van der Waals surface area (Å²) in [5.74, 6) is -0.580. The molecule has 0 unspecified atom stereocenters. The van der Waals surface area contributed by atoms with Gasteiger partial charge in [0, 0.05) is 38.0 Å². The normalized spacial score (nSPS) is 24.4. The van der Waals surface area contributed by atoms with E-state index in [-0.39, 0.29) is 11.8 Å². The molecule has 2 fully saturated rings. The van der Waals surface area contributed by atoms with E-state index in [0.717, 1.165) is 32.5 Å². The van der Waals surface area contributed by atoms with Gasteiger partial charge in [0.25, 0.3) is 0 Å². The van der Waals surface area contributed by atoms with E-state index in [0.29, 0.717) is 18.8 Å². The Bertz CT molecular complexity index is 324. The van der Waals surface area contributed by atoms with E-state index in [1.54, 1.807) is 6.92 Å². The van der Waals surface area contributed by atoms with Crippen LogP contribution in [0.3, 0.4) is 0 Å². The minimum absolute atomic E-state index is 0.258. The third-order valence-electron chi connectivity index (χ3n) is 3.59. The van der Waals surface area contributed by atoms with Crippen molar-refractivity contribution in [2.45, 2.75) is 25.6 Å². The highest BCUT2D eigenvalue weighted by molar-refractivity contribution is 5.87. The van der Waals surface area contributed by atoms with Crippen molar-refractivity contribution in [2.24, 2.45) is 0 Å². The number of piperidine rings is 1. The molecule has 2 saturated heterocycles. The number of hydrogen-bond donors (Lipinski definition) is 0. The molecular weight excluding hydrogens is 234 g/mol. The van der Waals surface area contributed by atoms with Gasteiger partial charge in [-0.3, -0.25) is 4.90 Å². The molecule has 0 aromatic rings. The predicted octanol–water partition coefficient (Wildman–Crippen LogP) is 0.945. The molecule has 18 heavy (non-hydrogen) atoms. The molecule has 0 N–H and O–H groups in total. The third-order valence-corrected chi connectivity index (χ3v) is 3.59. The summed E-state index contributed by atoms with van der Waals surface area (Å²) in [6.07, 6.45) is 3.72. The first-order valence-electron chi connectivity index (χ1n) is 6.40. The Morgan fingerprint density at radius 2 is 1.94 bits per heavy atom. The van der Waals surface area contributed by atoms with Gasteiger partial charge in [0.05, 0.1) is 20.3 Å². The average Bonchev–Trinajstić information content (AvgIpc) is 2.85. The summed E-state index contributed by atoms with van der Waals surface area (Å²) < 4.78 is 16.0. The van der Waals surface area contributed by atoms with Gasteiger partial charge in [-0.2, -0.15) is 0 Å². The van der Waals surface area contributed by atoms with Gasteiger partial charge in [-0.1, -0.05) is 6.08 Å². The zero-order chi connectivity index (χ0) is 13.0. The lowest BCUT2D eigenvalue weighted by molar-refractivity contribution is -0.184. The highest BCUT2D eigenvalue weighted by Crippen LogP contribution is 2.31. The molecule has 5 heteroatoms. The highest BCUT2D eigenvalue weighted by atomic mass is 16.7. The summed E-state index contributed by atoms with van der Waals surface area (Å²) in [4.78, 5) is 13.5. The monoisotopic (exact) mass is 255 g/mol. The largest absolute Gasteiger partial charge is 0.466 e. The zero-order valence-electron chi connectivity index (χ0n) is 11.1. The lowest BCUT2D eigenvalue weighted by Gasteiger charge is -2.37. The number of rotatable bonds is 3. The Hall–Kier alpha value is -0.910. The maximum Gasteiger partial charge on any atom is 0.333 e. The Labute approximate surface area is 108 Å². The van der Waals surface area contributed by atoms with Crippen LogP contribution in [0, 0.1) is 0 Å². The summed E-state index contributed by atoms with van der Waals surface area (Å²) in [5.41, 5.74) is 0.658. The fourth-order valence-electron chi connectivity index (χ4n) is 2.37. The van der Waals surface area contributed by atoms with E-state index in [4.69, 9.17) is 9.47 Å². The van der Waals surface area contributed by atoms with Crippen LogP contribution in [0.5, 0.6) is 0 Å². The lowest BCUT2D eigenvalue weighted by atomic mass is 10.0. The number of ether oxygens (including phenoxy) is 3. The van der Waals surface area contributed by atoms with Crippen LogP contribution in [-0.2, 0) is 19.0 Å². The molecule has 102 valence electrons. The number of carbonyl (C=O) groups excluding carboxylic acids is 1. The van der Waals surface area contributed by atoms with Gasteiger partial charge in [0.2, 0.25) is 0 Å². The molecule has 2 heterocycles. The van der Waals surface area contributed by atoms with E-state index < -0.39 is 0 Å². The Balaban J connectivity index is 1.78. The SMILES string of the molecule is COC(=O)C(C)=CCN1CCC2(CC1)OCCO2. The molecule has 0 saturated carbocycles. The molecule has 0 aromatic carbocycles. The van der Waals surface area contributed by atoms with Crippen LogP contribution in [-0.4, -0.2) is 56.6 Å². The first-order chi connectivity index (χ1) is 8.65. The Morgan fingerprint density at radius 3 is 2.50 bits per heavy atom. The fourth-order valence-corrected chi connectivity index (χ4v) is 2.37. The molecule has 0 atom stereocenters. The maximum atomic E-state index is 11.2. The number of hydrogen-bond acceptors (Lipinski definition) is 5. The lowest BCUT2D eigenvalue weighted by Crippen LogP contribution is -2.45. The van der Waals surface area contributed by atoms with Gasteiger partial charge >= 0.3 is 5.97 Å². The van der Waals surface area contributed by atoms with Crippen molar-refractivity contribution in [3.8, 4) is 0 Å². The van der Waals surface area contributed by atoms with Crippen LogP contribution >= 0.6 is 0 Å². The smallest absolute Gasteiger partial charge is 0.333 e. The minimum atomic E-state index is -0.322. The highest BCUT2D eigenvalue weighted by Gasteiger charge is 2.39. The number of likely N-dealkylation sites (tertiary alicyclic amines) is 1. The molecule has 0 radical (unpaired) electrons. The van der Waals surface area contributed by atoms with Crippen LogP contribution in [0.1, 0.15) is 19.8 Å². The van der Waals surface area contributed by atoms with Crippen molar-refractivity contribution in [2.75, 3.05) is 40.0 Å². The zero-order valence-corrected chi connectivity index (χ0v) is 11.1. The summed E-state index contributed by atoms with van der Waals surface area (Å²) in [6.45, 7) is 5.84. The molecule has 0 aromatic heterocycles. The molecule has 2 aliphatic heterocycles. The Morgan fingerprint density at radius 1 is 1.33 bits per heavy atom. The van der Waals surface area contributed by atoms with Crippen LogP contribution in [0.2, 0.25) is 0 Å². The van der Waals surface area contributed by atoms with Gasteiger partial charge < -0.3 is 14.2 Å². The van der Waals surface area contributed by atoms with Crippen molar-refractivity contribution in [3.63, 3.8) is 0 Å². The summed E-state index contributed by atoms with van der Waals surface area (Å²) in [6, 6.07) is 0. The van der Waals surface area contributed by atoms with Crippen molar-refractivity contribution in [1.29, 1.82) is 0 Å². The third kappa shape index (κ3) is 3.10. The van der Waals surface area contributed by atoms with E-state index >= 15 is 0 Å². The molecule has 2 aliphatic rings. The van der Waals surface area contributed by atoms with Gasteiger partial charge in [-0.25, -0.2) is 4.79 Å². The average molecular weight is 255 g/mol. The molecule has 2 rings (SSSR count). The molecular formula is C13H21NO4.